The Morgan fingerprint density at radius 2 is 1.79 bits per heavy atom. The molecule has 2 aromatic carbocycles. The molecule has 0 bridgehead atoms. The lowest BCUT2D eigenvalue weighted by Gasteiger charge is -2.21. The normalized spacial score (nSPS) is 20.1. The highest BCUT2D eigenvalue weighted by Crippen LogP contribution is 2.35. The molecule has 0 aromatic heterocycles. The minimum absolute atomic E-state index is 0.302. The molecule has 0 unspecified atom stereocenters. The smallest absolute Gasteiger partial charge is 0.439 e. The summed E-state index contributed by atoms with van der Waals surface area (Å²) >= 11 is 0. The van der Waals surface area contributed by atoms with E-state index in [1.165, 1.54) is 17.0 Å². The third kappa shape index (κ3) is 4.06. The van der Waals surface area contributed by atoms with Crippen molar-refractivity contribution in [3.63, 3.8) is 0 Å². The Morgan fingerprint density at radius 3 is 2.43 bits per heavy atom. The molecule has 1 heterocycles. The summed E-state index contributed by atoms with van der Waals surface area (Å²) in [5.74, 6) is -0.514. The van der Waals surface area contributed by atoms with Crippen LogP contribution in [0.4, 0.5) is 18.0 Å². The van der Waals surface area contributed by atoms with E-state index in [2.05, 4.69) is 4.18 Å². The second-order valence-electron chi connectivity index (χ2n) is 6.21. The van der Waals surface area contributed by atoms with Crippen LogP contribution >= 0.6 is 0 Å². The van der Waals surface area contributed by atoms with Gasteiger partial charge in [-0.3, -0.25) is 4.90 Å². The predicted molar refractivity (Wildman–Crippen MR) is 92.7 cm³/mol. The molecule has 1 aliphatic heterocycles. The Bertz CT molecular complexity index is 963. The number of hydrogen-bond donors (Lipinski definition) is 0. The lowest BCUT2D eigenvalue weighted by Crippen LogP contribution is -2.31. The van der Waals surface area contributed by atoms with Gasteiger partial charge in [0.15, 0.2) is 0 Å². The Balaban J connectivity index is 1.80. The zero-order valence-corrected chi connectivity index (χ0v) is 15.4. The van der Waals surface area contributed by atoms with Gasteiger partial charge >= 0.3 is 21.7 Å². The second-order valence-corrected chi connectivity index (χ2v) is 7.75. The van der Waals surface area contributed by atoms with Crippen molar-refractivity contribution in [3.05, 3.63) is 65.7 Å². The fraction of sp³-hybridized carbons (Fsp3) is 0.278. The number of amides is 1. The van der Waals surface area contributed by atoms with Gasteiger partial charge in [-0.1, -0.05) is 42.5 Å². The van der Waals surface area contributed by atoms with Crippen molar-refractivity contribution < 1.29 is 35.3 Å². The molecule has 0 aliphatic carbocycles. The lowest BCUT2D eigenvalue weighted by atomic mass is 10.0. The fourth-order valence-electron chi connectivity index (χ4n) is 2.86. The molecule has 1 amide bonds. The summed E-state index contributed by atoms with van der Waals surface area (Å²) in [5.41, 5.74) is -4.32. The quantitative estimate of drug-likeness (QED) is 0.545. The molecule has 2 aromatic rings. The van der Waals surface area contributed by atoms with E-state index in [1.54, 1.807) is 6.92 Å². The van der Waals surface area contributed by atoms with Crippen LogP contribution in [-0.2, 0) is 21.4 Å². The van der Waals surface area contributed by atoms with Crippen LogP contribution in [0.2, 0.25) is 0 Å². The summed E-state index contributed by atoms with van der Waals surface area (Å²) in [5, 5.41) is 0. The standard InChI is InChI=1S/C18H16F3NO5S/c1-12-16(26-17(23)22(12)11-13-6-3-2-4-7-13)14-8-5-9-15(10-14)27-28(24,25)18(19,20)21/h2-10,12,16H,11H2,1H3/t12-,16-/m0/s1. The Morgan fingerprint density at radius 1 is 1.11 bits per heavy atom. The number of rotatable bonds is 5. The van der Waals surface area contributed by atoms with Gasteiger partial charge in [0.25, 0.3) is 0 Å². The SMILES string of the molecule is C[C@H]1[C@@H](c2cccc(OS(=O)(=O)C(F)(F)F)c2)OC(=O)N1Cc1ccccc1. The van der Waals surface area contributed by atoms with E-state index < -0.39 is 39.6 Å². The average Bonchev–Trinajstić information content (AvgIpc) is 2.90. The zero-order chi connectivity index (χ0) is 20.5. The van der Waals surface area contributed by atoms with E-state index in [0.717, 1.165) is 17.7 Å². The van der Waals surface area contributed by atoms with Crippen LogP contribution in [-0.4, -0.2) is 31.0 Å². The molecule has 0 saturated carbocycles. The van der Waals surface area contributed by atoms with E-state index in [0.29, 0.717) is 12.1 Å². The van der Waals surface area contributed by atoms with Crippen molar-refractivity contribution >= 4 is 16.2 Å². The number of hydrogen-bond acceptors (Lipinski definition) is 5. The molecular formula is C18H16F3NO5S. The third-order valence-electron chi connectivity index (χ3n) is 4.26. The van der Waals surface area contributed by atoms with Crippen molar-refractivity contribution in [2.75, 3.05) is 0 Å². The number of nitrogens with zero attached hydrogens (tertiary/aromatic N) is 1. The van der Waals surface area contributed by atoms with E-state index in [4.69, 9.17) is 4.74 Å². The molecule has 6 nitrogen and oxygen atoms in total. The minimum atomic E-state index is -5.78. The van der Waals surface area contributed by atoms with Gasteiger partial charge < -0.3 is 8.92 Å². The molecule has 1 saturated heterocycles. The van der Waals surface area contributed by atoms with E-state index in [9.17, 15) is 26.4 Å². The van der Waals surface area contributed by atoms with Crippen molar-refractivity contribution in [2.24, 2.45) is 0 Å². The minimum Gasteiger partial charge on any atom is -0.439 e. The van der Waals surface area contributed by atoms with Gasteiger partial charge in [0, 0.05) is 6.54 Å². The lowest BCUT2D eigenvalue weighted by molar-refractivity contribution is -0.0500. The van der Waals surface area contributed by atoms with Crippen LogP contribution in [0.5, 0.6) is 5.75 Å². The maximum absolute atomic E-state index is 12.5. The molecule has 1 fully saturated rings. The van der Waals surface area contributed by atoms with Gasteiger partial charge in [0.05, 0.1) is 6.04 Å². The van der Waals surface area contributed by atoms with E-state index >= 15 is 0 Å². The van der Waals surface area contributed by atoms with Gasteiger partial charge in [-0.2, -0.15) is 21.6 Å². The molecule has 2 atom stereocenters. The van der Waals surface area contributed by atoms with E-state index in [1.807, 2.05) is 30.3 Å². The molecule has 150 valence electrons. The Hall–Kier alpha value is -2.75. The molecule has 0 N–H and O–H groups in total. The van der Waals surface area contributed by atoms with Crippen LogP contribution in [0.25, 0.3) is 0 Å². The van der Waals surface area contributed by atoms with Crippen LogP contribution in [0.15, 0.2) is 54.6 Å². The number of benzene rings is 2. The first-order valence-corrected chi connectivity index (χ1v) is 9.61. The largest absolute Gasteiger partial charge is 0.534 e. The number of halogens is 3. The van der Waals surface area contributed by atoms with Gasteiger partial charge in [0.1, 0.15) is 11.9 Å². The predicted octanol–water partition coefficient (Wildman–Crippen LogP) is 4.00. The molecule has 1 aliphatic rings. The molecule has 28 heavy (non-hydrogen) atoms. The average molecular weight is 415 g/mol. The summed E-state index contributed by atoms with van der Waals surface area (Å²) in [7, 11) is -5.78. The summed E-state index contributed by atoms with van der Waals surface area (Å²) in [6.07, 6.45) is -1.36. The third-order valence-corrected chi connectivity index (χ3v) is 5.24. The first kappa shape index (κ1) is 20.0. The first-order chi connectivity index (χ1) is 13.1. The molecule has 10 heteroatoms. The maximum atomic E-state index is 12.5. The van der Waals surface area contributed by atoms with Crippen molar-refractivity contribution in [2.45, 2.75) is 31.1 Å². The highest BCUT2D eigenvalue weighted by Gasteiger charge is 2.48. The zero-order valence-electron chi connectivity index (χ0n) is 14.6. The van der Waals surface area contributed by atoms with Crippen LogP contribution in [0, 0.1) is 0 Å². The first-order valence-electron chi connectivity index (χ1n) is 8.20. The number of carbonyl (C=O) groups excluding carboxylic acids is 1. The molecule has 0 spiro atoms. The van der Waals surface area contributed by atoms with Gasteiger partial charge in [0.2, 0.25) is 0 Å². The van der Waals surface area contributed by atoms with Crippen LogP contribution in [0.1, 0.15) is 24.2 Å². The van der Waals surface area contributed by atoms with Crippen molar-refractivity contribution in [1.82, 2.24) is 4.90 Å². The Labute approximate surface area is 159 Å². The molecule has 0 radical (unpaired) electrons. The number of alkyl halides is 3. The molecular weight excluding hydrogens is 399 g/mol. The number of carbonyl (C=O) groups is 1. The van der Waals surface area contributed by atoms with Gasteiger partial charge in [-0.05, 0) is 30.2 Å². The highest BCUT2D eigenvalue weighted by atomic mass is 32.2. The van der Waals surface area contributed by atoms with Crippen molar-refractivity contribution in [1.29, 1.82) is 0 Å². The van der Waals surface area contributed by atoms with Crippen LogP contribution < -0.4 is 4.18 Å². The fourth-order valence-corrected chi connectivity index (χ4v) is 3.31. The Kier molecular flexibility index (Phi) is 5.24. The maximum Gasteiger partial charge on any atom is 0.534 e. The molecule has 3 rings (SSSR count). The highest BCUT2D eigenvalue weighted by molar-refractivity contribution is 7.88. The number of cyclic esters (lactones) is 1. The van der Waals surface area contributed by atoms with E-state index in [-0.39, 0.29) is 0 Å². The van der Waals surface area contributed by atoms with Gasteiger partial charge in [-0.25, -0.2) is 4.79 Å². The summed E-state index contributed by atoms with van der Waals surface area (Å²) in [6, 6.07) is 13.8. The van der Waals surface area contributed by atoms with Gasteiger partial charge in [-0.15, -0.1) is 0 Å². The topological polar surface area (TPSA) is 72.9 Å². The monoisotopic (exact) mass is 415 g/mol. The second kappa shape index (κ2) is 7.34. The number of ether oxygens (including phenoxy) is 1. The van der Waals surface area contributed by atoms with Crippen LogP contribution in [0.3, 0.4) is 0 Å². The summed E-state index contributed by atoms with van der Waals surface area (Å²) in [6.45, 7) is 2.04. The van der Waals surface area contributed by atoms with Crippen molar-refractivity contribution in [3.8, 4) is 5.75 Å². The summed E-state index contributed by atoms with van der Waals surface area (Å²) in [4.78, 5) is 13.7. The summed E-state index contributed by atoms with van der Waals surface area (Å²) < 4.78 is 69.4.